The van der Waals surface area contributed by atoms with Gasteiger partial charge in [-0.15, -0.1) is 0 Å². The van der Waals surface area contributed by atoms with Crippen LogP contribution in [-0.2, 0) is 6.54 Å². The smallest absolute Gasteiger partial charge is 0.253 e. The highest BCUT2D eigenvalue weighted by Gasteiger charge is 2.08. The summed E-state index contributed by atoms with van der Waals surface area (Å²) in [5.74, 6) is 0.366. The molecular weight excluding hydrogens is 270 g/mol. The Bertz CT molecular complexity index is 590. The number of hydrogen-bond donors (Lipinski definition) is 1. The van der Waals surface area contributed by atoms with Crippen LogP contribution in [0.4, 0.5) is 0 Å². The highest BCUT2D eigenvalue weighted by atomic mass is 35.5. The van der Waals surface area contributed by atoms with Gasteiger partial charge in [0.15, 0.2) is 0 Å². The molecule has 0 spiro atoms. The first-order chi connectivity index (χ1) is 9.58. The summed E-state index contributed by atoms with van der Waals surface area (Å²) in [6.45, 7) is 4.82. The lowest BCUT2D eigenvalue weighted by Gasteiger charge is -2.09. The third-order valence-electron chi connectivity index (χ3n) is 3.22. The molecule has 0 atom stereocenters. The molecule has 0 unspecified atom stereocenters. The Morgan fingerprint density at radius 2 is 1.75 bits per heavy atom. The average molecular weight is 288 g/mol. The van der Waals surface area contributed by atoms with Gasteiger partial charge in [0.25, 0.3) is 5.91 Å². The molecule has 0 radical (unpaired) electrons. The van der Waals surface area contributed by atoms with Gasteiger partial charge in [-0.3, -0.25) is 4.79 Å². The number of halogens is 1. The van der Waals surface area contributed by atoms with Gasteiger partial charge in [0, 0.05) is 6.54 Å². The van der Waals surface area contributed by atoms with Crippen LogP contribution in [0.25, 0.3) is 0 Å². The number of benzene rings is 2. The Labute approximate surface area is 124 Å². The van der Waals surface area contributed by atoms with Gasteiger partial charge in [0.2, 0.25) is 0 Å². The Morgan fingerprint density at radius 3 is 2.35 bits per heavy atom. The lowest BCUT2D eigenvalue weighted by Crippen LogP contribution is -2.23. The van der Waals surface area contributed by atoms with E-state index in [2.05, 4.69) is 31.3 Å². The van der Waals surface area contributed by atoms with Gasteiger partial charge in [-0.25, -0.2) is 0 Å². The minimum absolute atomic E-state index is 0.150. The Morgan fingerprint density at radius 1 is 1.10 bits per heavy atom. The normalized spacial score (nSPS) is 10.6. The number of nitrogens with one attached hydrogen (secondary N) is 1. The summed E-state index contributed by atoms with van der Waals surface area (Å²) in [5.41, 5.74) is 2.88. The van der Waals surface area contributed by atoms with Gasteiger partial charge in [0.1, 0.15) is 0 Å². The first-order valence-electron chi connectivity index (χ1n) is 6.69. The summed E-state index contributed by atoms with van der Waals surface area (Å²) in [5, 5.41) is 3.35. The van der Waals surface area contributed by atoms with E-state index in [0.717, 1.165) is 5.56 Å². The van der Waals surface area contributed by atoms with Gasteiger partial charge in [-0.1, -0.05) is 61.8 Å². The van der Waals surface area contributed by atoms with Crippen LogP contribution in [-0.4, -0.2) is 5.91 Å². The summed E-state index contributed by atoms with van der Waals surface area (Å²) < 4.78 is 0. The van der Waals surface area contributed by atoms with Crippen molar-refractivity contribution in [1.29, 1.82) is 0 Å². The molecule has 20 heavy (non-hydrogen) atoms. The molecule has 2 aromatic rings. The highest BCUT2D eigenvalue weighted by Crippen LogP contribution is 2.16. The van der Waals surface area contributed by atoms with E-state index in [9.17, 15) is 4.79 Å². The van der Waals surface area contributed by atoms with Crippen molar-refractivity contribution < 1.29 is 4.79 Å². The zero-order valence-corrected chi connectivity index (χ0v) is 12.4. The molecule has 3 heteroatoms. The average Bonchev–Trinajstić information content (AvgIpc) is 2.45. The minimum Gasteiger partial charge on any atom is -0.348 e. The third kappa shape index (κ3) is 3.61. The van der Waals surface area contributed by atoms with Crippen LogP contribution in [0.2, 0.25) is 5.02 Å². The van der Waals surface area contributed by atoms with Crippen molar-refractivity contribution in [3.8, 4) is 0 Å². The molecule has 0 heterocycles. The third-order valence-corrected chi connectivity index (χ3v) is 3.55. The van der Waals surface area contributed by atoms with Crippen molar-refractivity contribution in [3.05, 3.63) is 70.2 Å². The van der Waals surface area contributed by atoms with Crippen LogP contribution in [0.5, 0.6) is 0 Å². The van der Waals surface area contributed by atoms with E-state index in [4.69, 9.17) is 11.6 Å². The van der Waals surface area contributed by atoms with Crippen molar-refractivity contribution in [2.45, 2.75) is 26.3 Å². The van der Waals surface area contributed by atoms with E-state index in [1.54, 1.807) is 18.2 Å². The van der Waals surface area contributed by atoms with Crippen LogP contribution < -0.4 is 5.32 Å². The number of amides is 1. The number of hydrogen-bond acceptors (Lipinski definition) is 1. The number of rotatable bonds is 4. The molecule has 0 fully saturated rings. The molecule has 1 N–H and O–H groups in total. The topological polar surface area (TPSA) is 29.1 Å². The number of carbonyl (C=O) groups is 1. The fourth-order valence-electron chi connectivity index (χ4n) is 1.94. The maximum absolute atomic E-state index is 12.0. The molecule has 0 aliphatic rings. The van der Waals surface area contributed by atoms with Gasteiger partial charge >= 0.3 is 0 Å². The van der Waals surface area contributed by atoms with Crippen LogP contribution in [0.15, 0.2) is 48.5 Å². The molecular formula is C17H18ClNO. The predicted molar refractivity (Wildman–Crippen MR) is 83.2 cm³/mol. The van der Waals surface area contributed by atoms with Crippen molar-refractivity contribution in [3.63, 3.8) is 0 Å². The van der Waals surface area contributed by atoms with E-state index in [0.29, 0.717) is 23.0 Å². The fourth-order valence-corrected chi connectivity index (χ4v) is 2.16. The van der Waals surface area contributed by atoms with Crippen LogP contribution in [0.1, 0.15) is 41.3 Å². The quantitative estimate of drug-likeness (QED) is 0.887. The SMILES string of the molecule is CC(C)c1ccc(CNC(=O)c2ccccc2Cl)cc1. The Kier molecular flexibility index (Phi) is 4.80. The second kappa shape index (κ2) is 6.58. The predicted octanol–water partition coefficient (Wildman–Crippen LogP) is 4.39. The molecule has 0 aliphatic carbocycles. The second-order valence-corrected chi connectivity index (χ2v) is 5.47. The second-order valence-electron chi connectivity index (χ2n) is 5.06. The maximum atomic E-state index is 12.0. The summed E-state index contributed by atoms with van der Waals surface area (Å²) in [6, 6.07) is 15.3. The highest BCUT2D eigenvalue weighted by molar-refractivity contribution is 6.33. The van der Waals surface area contributed by atoms with Crippen LogP contribution in [0.3, 0.4) is 0 Å². The molecule has 2 nitrogen and oxygen atoms in total. The maximum Gasteiger partial charge on any atom is 0.253 e. The van der Waals surface area contributed by atoms with E-state index in [1.807, 2.05) is 18.2 Å². The lowest BCUT2D eigenvalue weighted by molar-refractivity contribution is 0.0951. The first kappa shape index (κ1) is 14.6. The summed E-state index contributed by atoms with van der Waals surface area (Å²) in [4.78, 5) is 12.0. The van der Waals surface area contributed by atoms with Crippen molar-refractivity contribution in [2.24, 2.45) is 0 Å². The summed E-state index contributed by atoms with van der Waals surface area (Å²) >= 11 is 6.00. The van der Waals surface area contributed by atoms with E-state index in [-0.39, 0.29) is 5.91 Å². The van der Waals surface area contributed by atoms with Gasteiger partial charge in [-0.2, -0.15) is 0 Å². The van der Waals surface area contributed by atoms with Crippen molar-refractivity contribution in [1.82, 2.24) is 5.32 Å². The summed E-state index contributed by atoms with van der Waals surface area (Å²) in [7, 11) is 0. The van der Waals surface area contributed by atoms with E-state index < -0.39 is 0 Å². The molecule has 2 aromatic carbocycles. The summed E-state index contributed by atoms with van der Waals surface area (Å²) in [6.07, 6.45) is 0. The molecule has 0 aliphatic heterocycles. The van der Waals surface area contributed by atoms with Crippen molar-refractivity contribution in [2.75, 3.05) is 0 Å². The Hall–Kier alpha value is -1.80. The molecule has 0 bridgehead atoms. The number of carbonyl (C=O) groups excluding carboxylic acids is 1. The van der Waals surface area contributed by atoms with E-state index >= 15 is 0 Å². The van der Waals surface area contributed by atoms with Crippen LogP contribution >= 0.6 is 11.6 Å². The fraction of sp³-hybridized carbons (Fsp3) is 0.235. The molecule has 104 valence electrons. The van der Waals surface area contributed by atoms with Crippen LogP contribution in [0, 0.1) is 0 Å². The molecule has 1 amide bonds. The molecule has 0 aromatic heterocycles. The largest absolute Gasteiger partial charge is 0.348 e. The zero-order valence-electron chi connectivity index (χ0n) is 11.7. The van der Waals surface area contributed by atoms with Crippen molar-refractivity contribution >= 4 is 17.5 Å². The van der Waals surface area contributed by atoms with E-state index in [1.165, 1.54) is 5.56 Å². The molecule has 0 saturated carbocycles. The Balaban J connectivity index is 1.98. The zero-order chi connectivity index (χ0) is 14.5. The molecule has 2 rings (SSSR count). The van der Waals surface area contributed by atoms with Gasteiger partial charge < -0.3 is 5.32 Å². The van der Waals surface area contributed by atoms with Gasteiger partial charge in [0.05, 0.1) is 10.6 Å². The van der Waals surface area contributed by atoms with Gasteiger partial charge in [-0.05, 0) is 29.2 Å². The standard InChI is InChI=1S/C17H18ClNO/c1-12(2)14-9-7-13(8-10-14)11-19-17(20)15-5-3-4-6-16(15)18/h3-10,12H,11H2,1-2H3,(H,19,20). The lowest BCUT2D eigenvalue weighted by atomic mass is 10.0. The minimum atomic E-state index is -0.150. The molecule has 0 saturated heterocycles. The monoisotopic (exact) mass is 287 g/mol. The first-order valence-corrected chi connectivity index (χ1v) is 7.07.